The van der Waals surface area contributed by atoms with Crippen molar-refractivity contribution in [2.24, 2.45) is 0 Å². The first-order valence-corrected chi connectivity index (χ1v) is 13.2. The normalized spacial score (nSPS) is 12.6. The molecule has 0 bridgehead atoms. The van der Waals surface area contributed by atoms with Gasteiger partial charge in [-0.05, 0) is 67.4 Å². The molecule has 0 saturated carbocycles. The summed E-state index contributed by atoms with van der Waals surface area (Å²) in [5.74, 6) is 1.38. The fourth-order valence-corrected chi connectivity index (χ4v) is 4.67. The van der Waals surface area contributed by atoms with Crippen LogP contribution in [0.2, 0.25) is 0 Å². The van der Waals surface area contributed by atoms with Crippen molar-refractivity contribution in [3.63, 3.8) is 0 Å². The molecule has 7 nitrogen and oxygen atoms in total. The van der Waals surface area contributed by atoms with Gasteiger partial charge < -0.3 is 20.1 Å². The summed E-state index contributed by atoms with van der Waals surface area (Å²) in [7, 11) is 0. The van der Waals surface area contributed by atoms with Crippen LogP contribution in [0.5, 0.6) is 0 Å². The lowest BCUT2D eigenvalue weighted by Crippen LogP contribution is -2.38. The smallest absolute Gasteiger partial charge is 0.224 e. The van der Waals surface area contributed by atoms with Gasteiger partial charge in [0.25, 0.3) is 0 Å². The third-order valence-corrected chi connectivity index (χ3v) is 6.94. The second-order valence-electron chi connectivity index (χ2n) is 9.79. The van der Waals surface area contributed by atoms with Crippen LogP contribution < -0.4 is 10.6 Å². The Morgan fingerprint density at radius 1 is 0.923 bits per heavy atom. The lowest BCUT2D eigenvalue weighted by atomic mass is 10.1. The van der Waals surface area contributed by atoms with Gasteiger partial charge in [0.15, 0.2) is 0 Å². The number of halogens is 1. The minimum absolute atomic E-state index is 0.0267. The topological polar surface area (TPSA) is 79.3 Å². The minimum Gasteiger partial charge on any atom is -0.340 e. The molecule has 39 heavy (non-hydrogen) atoms. The number of hydrogen-bond acceptors (Lipinski definition) is 4. The molecule has 4 aromatic rings. The molecule has 0 saturated heterocycles. The number of nitrogens with one attached hydrogen (secondary N) is 2. The number of anilines is 3. The van der Waals surface area contributed by atoms with E-state index in [1.54, 1.807) is 12.1 Å². The van der Waals surface area contributed by atoms with Gasteiger partial charge in [0.2, 0.25) is 11.8 Å². The second-order valence-corrected chi connectivity index (χ2v) is 9.79. The van der Waals surface area contributed by atoms with E-state index in [1.807, 2.05) is 67.3 Å². The fraction of sp³-hybridized carbons (Fsp3) is 0.258. The van der Waals surface area contributed by atoms with Crippen molar-refractivity contribution in [3.05, 3.63) is 95.6 Å². The van der Waals surface area contributed by atoms with Gasteiger partial charge in [-0.2, -0.15) is 0 Å². The van der Waals surface area contributed by atoms with Crippen LogP contribution in [0.4, 0.5) is 21.6 Å². The van der Waals surface area contributed by atoms with Crippen LogP contribution in [0.1, 0.15) is 36.7 Å². The van der Waals surface area contributed by atoms with Crippen LogP contribution in [-0.4, -0.2) is 32.8 Å². The molecule has 1 aliphatic rings. The summed E-state index contributed by atoms with van der Waals surface area (Å²) in [6.07, 6.45) is 1.44. The van der Waals surface area contributed by atoms with Crippen LogP contribution in [0, 0.1) is 12.7 Å². The number of aryl methyl sites for hydroxylation is 2. The van der Waals surface area contributed by atoms with Crippen molar-refractivity contribution in [2.45, 2.75) is 46.2 Å². The van der Waals surface area contributed by atoms with Crippen molar-refractivity contribution in [3.8, 4) is 11.3 Å². The van der Waals surface area contributed by atoms with Crippen molar-refractivity contribution in [1.29, 1.82) is 0 Å². The van der Waals surface area contributed by atoms with E-state index in [0.29, 0.717) is 38.9 Å². The molecule has 0 unspecified atom stereocenters. The number of imidazole rings is 1. The maximum Gasteiger partial charge on any atom is 0.224 e. The monoisotopic (exact) mass is 525 g/mol. The van der Waals surface area contributed by atoms with Crippen molar-refractivity contribution in [2.75, 3.05) is 17.2 Å². The van der Waals surface area contributed by atoms with E-state index in [2.05, 4.69) is 15.2 Å². The molecule has 0 aliphatic carbocycles. The number of amides is 2. The van der Waals surface area contributed by atoms with E-state index in [4.69, 9.17) is 4.98 Å². The summed E-state index contributed by atoms with van der Waals surface area (Å²) in [5.41, 5.74) is 5.44. The van der Waals surface area contributed by atoms with Gasteiger partial charge in [-0.1, -0.05) is 36.8 Å². The van der Waals surface area contributed by atoms with E-state index in [-0.39, 0.29) is 17.6 Å². The highest BCUT2D eigenvalue weighted by Gasteiger charge is 2.27. The highest BCUT2D eigenvalue weighted by molar-refractivity contribution is 5.90. The quantitative estimate of drug-likeness (QED) is 0.293. The Hall–Kier alpha value is -4.46. The van der Waals surface area contributed by atoms with Crippen LogP contribution in [-0.2, 0) is 29.1 Å². The Kier molecular flexibility index (Phi) is 7.72. The predicted octanol–water partition coefficient (Wildman–Crippen LogP) is 6.06. The summed E-state index contributed by atoms with van der Waals surface area (Å²) < 4.78 is 15.7. The standard InChI is InChI=1S/C31H32FN5O2/c1-3-28(38)33-25-15-6-22(7-16-25)8-17-29(39)36-18-19-37-27(20-36)35-30(23-9-11-24(32)12-10-23)31(37)34-26-13-4-21(2)5-14-26/h4-7,9-16,34H,3,8,17-20H2,1-2H3,(H,33,38). The highest BCUT2D eigenvalue weighted by Crippen LogP contribution is 2.33. The molecule has 1 aliphatic heterocycles. The zero-order chi connectivity index (χ0) is 27.4. The average Bonchev–Trinajstić information content (AvgIpc) is 3.31. The number of rotatable bonds is 8. The summed E-state index contributed by atoms with van der Waals surface area (Å²) in [6, 6.07) is 22.1. The van der Waals surface area contributed by atoms with Crippen LogP contribution in [0.3, 0.4) is 0 Å². The molecule has 5 rings (SSSR count). The maximum absolute atomic E-state index is 13.6. The van der Waals surface area contributed by atoms with E-state index in [9.17, 15) is 14.0 Å². The Balaban J connectivity index is 1.30. The van der Waals surface area contributed by atoms with E-state index >= 15 is 0 Å². The van der Waals surface area contributed by atoms with Gasteiger partial charge in [0, 0.05) is 42.9 Å². The maximum atomic E-state index is 13.6. The summed E-state index contributed by atoms with van der Waals surface area (Å²) >= 11 is 0. The Morgan fingerprint density at radius 3 is 2.31 bits per heavy atom. The summed E-state index contributed by atoms with van der Waals surface area (Å²) in [4.78, 5) is 31.5. The van der Waals surface area contributed by atoms with E-state index < -0.39 is 0 Å². The third-order valence-electron chi connectivity index (χ3n) is 6.94. The first-order valence-electron chi connectivity index (χ1n) is 13.2. The van der Waals surface area contributed by atoms with Gasteiger partial charge in [-0.15, -0.1) is 0 Å². The van der Waals surface area contributed by atoms with Gasteiger partial charge in [-0.25, -0.2) is 9.37 Å². The first-order chi connectivity index (χ1) is 18.9. The van der Waals surface area contributed by atoms with Crippen molar-refractivity contribution >= 4 is 29.0 Å². The molecule has 3 aromatic carbocycles. The molecule has 1 aromatic heterocycles. The predicted molar refractivity (Wildman–Crippen MR) is 151 cm³/mol. The molecule has 2 heterocycles. The Morgan fingerprint density at radius 2 is 1.62 bits per heavy atom. The number of hydrogen-bond donors (Lipinski definition) is 2. The lowest BCUT2D eigenvalue weighted by Gasteiger charge is -2.28. The molecular formula is C31H32FN5O2. The van der Waals surface area contributed by atoms with Crippen LogP contribution in [0.25, 0.3) is 11.3 Å². The molecule has 0 spiro atoms. The highest BCUT2D eigenvalue weighted by atomic mass is 19.1. The number of aromatic nitrogens is 2. The zero-order valence-electron chi connectivity index (χ0n) is 22.2. The molecule has 0 fully saturated rings. The fourth-order valence-electron chi connectivity index (χ4n) is 4.67. The number of nitrogens with zero attached hydrogens (tertiary/aromatic N) is 3. The molecule has 0 atom stereocenters. The van der Waals surface area contributed by atoms with Crippen molar-refractivity contribution < 1.29 is 14.0 Å². The molecule has 0 radical (unpaired) electrons. The number of fused-ring (bicyclic) bond motifs is 1. The third kappa shape index (κ3) is 6.17. The second kappa shape index (κ2) is 11.5. The van der Waals surface area contributed by atoms with E-state index in [0.717, 1.165) is 39.8 Å². The number of benzene rings is 3. The SMILES string of the molecule is CCC(=O)Nc1ccc(CCC(=O)N2CCn3c(nc(-c4ccc(F)cc4)c3Nc3ccc(C)cc3)C2)cc1. The van der Waals surface area contributed by atoms with Gasteiger partial charge in [-0.3, -0.25) is 9.59 Å². The minimum atomic E-state index is -0.298. The molecule has 200 valence electrons. The van der Waals surface area contributed by atoms with E-state index in [1.165, 1.54) is 17.7 Å². The Labute approximate surface area is 227 Å². The molecule has 8 heteroatoms. The van der Waals surface area contributed by atoms with Gasteiger partial charge in [0.1, 0.15) is 23.2 Å². The number of carbonyl (C=O) groups is 2. The summed E-state index contributed by atoms with van der Waals surface area (Å²) in [5, 5.41) is 6.35. The first kappa shape index (κ1) is 26.2. The van der Waals surface area contributed by atoms with Crippen LogP contribution >= 0.6 is 0 Å². The zero-order valence-corrected chi connectivity index (χ0v) is 22.2. The summed E-state index contributed by atoms with van der Waals surface area (Å²) in [6.45, 7) is 5.45. The lowest BCUT2D eigenvalue weighted by molar-refractivity contribution is -0.132. The molecule has 2 N–H and O–H groups in total. The average molecular weight is 526 g/mol. The number of carbonyl (C=O) groups excluding carboxylic acids is 2. The van der Waals surface area contributed by atoms with Crippen molar-refractivity contribution in [1.82, 2.24) is 14.5 Å². The van der Waals surface area contributed by atoms with Gasteiger partial charge in [0.05, 0.1) is 6.54 Å². The molecular weight excluding hydrogens is 493 g/mol. The largest absolute Gasteiger partial charge is 0.340 e. The van der Waals surface area contributed by atoms with Crippen LogP contribution in [0.15, 0.2) is 72.8 Å². The van der Waals surface area contributed by atoms with Gasteiger partial charge >= 0.3 is 0 Å². The Bertz CT molecular complexity index is 1460. The molecule has 2 amide bonds.